The van der Waals surface area contributed by atoms with E-state index in [0.717, 1.165) is 18.4 Å². The first kappa shape index (κ1) is 12.4. The Balaban J connectivity index is 2.03. The number of hydrogen-bond donors (Lipinski definition) is 1. The molecular formula is C14H28N2. The lowest BCUT2D eigenvalue weighted by Gasteiger charge is -2.47. The van der Waals surface area contributed by atoms with Crippen molar-refractivity contribution in [3.8, 4) is 0 Å². The van der Waals surface area contributed by atoms with E-state index in [1.165, 1.54) is 51.6 Å². The normalized spacial score (nSPS) is 35.6. The molecule has 0 amide bonds. The second-order valence-electron chi connectivity index (χ2n) is 6.11. The summed E-state index contributed by atoms with van der Waals surface area (Å²) in [6.07, 6.45) is 8.33. The zero-order valence-corrected chi connectivity index (χ0v) is 11.0. The van der Waals surface area contributed by atoms with Crippen LogP contribution in [0.4, 0.5) is 0 Å². The van der Waals surface area contributed by atoms with Gasteiger partial charge in [-0.25, -0.2) is 0 Å². The topological polar surface area (TPSA) is 29.3 Å². The lowest BCUT2D eigenvalue weighted by molar-refractivity contribution is 0.0395. The van der Waals surface area contributed by atoms with Gasteiger partial charge in [0.05, 0.1) is 0 Å². The third-order valence-corrected chi connectivity index (χ3v) is 4.68. The molecule has 0 saturated heterocycles. The van der Waals surface area contributed by atoms with Crippen LogP contribution in [-0.2, 0) is 0 Å². The van der Waals surface area contributed by atoms with Crippen molar-refractivity contribution < 1.29 is 0 Å². The average Bonchev–Trinajstić information content (AvgIpc) is 3.09. The van der Waals surface area contributed by atoms with E-state index < -0.39 is 0 Å². The molecule has 2 heteroatoms. The third-order valence-electron chi connectivity index (χ3n) is 4.68. The SMILES string of the molecule is CCN(CC1CC1)C1(CN)CCCC(C)C1. The standard InChI is InChI=1S/C14H28N2/c1-3-16(10-13-6-7-13)14(11-15)8-4-5-12(2)9-14/h12-13H,3-11,15H2,1-2H3. The molecule has 2 unspecified atom stereocenters. The molecule has 16 heavy (non-hydrogen) atoms. The predicted octanol–water partition coefficient (Wildman–Crippen LogP) is 2.63. The number of nitrogens with zero attached hydrogens (tertiary/aromatic N) is 1. The first-order chi connectivity index (χ1) is 7.70. The van der Waals surface area contributed by atoms with E-state index in [0.29, 0.717) is 5.54 Å². The summed E-state index contributed by atoms with van der Waals surface area (Å²) in [5, 5.41) is 0. The van der Waals surface area contributed by atoms with Crippen molar-refractivity contribution in [1.82, 2.24) is 4.90 Å². The van der Waals surface area contributed by atoms with Gasteiger partial charge in [-0.3, -0.25) is 4.90 Å². The summed E-state index contributed by atoms with van der Waals surface area (Å²) in [6, 6.07) is 0. The molecule has 94 valence electrons. The van der Waals surface area contributed by atoms with E-state index in [2.05, 4.69) is 18.7 Å². The Morgan fingerprint density at radius 3 is 2.56 bits per heavy atom. The van der Waals surface area contributed by atoms with E-state index in [-0.39, 0.29) is 0 Å². The van der Waals surface area contributed by atoms with E-state index in [1.807, 2.05) is 0 Å². The first-order valence-electron chi connectivity index (χ1n) is 7.15. The highest BCUT2D eigenvalue weighted by Gasteiger charge is 2.40. The molecule has 2 nitrogen and oxygen atoms in total. The summed E-state index contributed by atoms with van der Waals surface area (Å²) in [6.45, 7) is 8.05. The van der Waals surface area contributed by atoms with Gasteiger partial charge in [-0.1, -0.05) is 26.7 Å². The van der Waals surface area contributed by atoms with E-state index in [9.17, 15) is 0 Å². The lowest BCUT2D eigenvalue weighted by Crippen LogP contribution is -2.56. The van der Waals surface area contributed by atoms with Gasteiger partial charge in [0, 0.05) is 18.6 Å². The molecule has 2 fully saturated rings. The molecular weight excluding hydrogens is 196 g/mol. The van der Waals surface area contributed by atoms with Crippen molar-refractivity contribution in [2.75, 3.05) is 19.6 Å². The molecule has 2 atom stereocenters. The Morgan fingerprint density at radius 1 is 1.31 bits per heavy atom. The van der Waals surface area contributed by atoms with E-state index >= 15 is 0 Å². The Bertz CT molecular complexity index is 225. The average molecular weight is 224 g/mol. The molecule has 0 radical (unpaired) electrons. The van der Waals surface area contributed by atoms with Crippen molar-refractivity contribution in [1.29, 1.82) is 0 Å². The summed E-state index contributed by atoms with van der Waals surface area (Å²) in [5.74, 6) is 1.85. The van der Waals surface area contributed by atoms with Crippen LogP contribution in [0.5, 0.6) is 0 Å². The Morgan fingerprint density at radius 2 is 2.06 bits per heavy atom. The van der Waals surface area contributed by atoms with Crippen LogP contribution in [0.25, 0.3) is 0 Å². The first-order valence-corrected chi connectivity index (χ1v) is 7.15. The zero-order chi connectivity index (χ0) is 11.6. The van der Waals surface area contributed by atoms with Crippen molar-refractivity contribution in [2.24, 2.45) is 17.6 Å². The molecule has 0 aliphatic heterocycles. The Hall–Kier alpha value is -0.0800. The van der Waals surface area contributed by atoms with Crippen LogP contribution < -0.4 is 5.73 Å². The molecule has 0 aromatic heterocycles. The highest BCUT2D eigenvalue weighted by molar-refractivity contribution is 4.97. The van der Waals surface area contributed by atoms with Crippen LogP contribution in [0.1, 0.15) is 52.4 Å². The largest absolute Gasteiger partial charge is 0.329 e. The summed E-state index contributed by atoms with van der Waals surface area (Å²) < 4.78 is 0. The fourth-order valence-electron chi connectivity index (χ4n) is 3.50. The van der Waals surface area contributed by atoms with Crippen molar-refractivity contribution in [2.45, 2.75) is 57.9 Å². The van der Waals surface area contributed by atoms with Gasteiger partial charge in [0.1, 0.15) is 0 Å². The molecule has 0 spiro atoms. The minimum Gasteiger partial charge on any atom is -0.329 e. The number of likely N-dealkylation sites (N-methyl/N-ethyl adjacent to an activating group) is 1. The van der Waals surface area contributed by atoms with Crippen molar-refractivity contribution in [3.63, 3.8) is 0 Å². The molecule has 0 heterocycles. The minimum absolute atomic E-state index is 0.342. The van der Waals surface area contributed by atoms with Crippen molar-refractivity contribution in [3.05, 3.63) is 0 Å². The van der Waals surface area contributed by atoms with E-state index in [4.69, 9.17) is 5.73 Å². The highest BCUT2D eigenvalue weighted by atomic mass is 15.2. The Kier molecular flexibility index (Phi) is 3.91. The molecule has 0 aromatic rings. The lowest BCUT2D eigenvalue weighted by atomic mass is 9.75. The zero-order valence-electron chi connectivity index (χ0n) is 11.0. The highest BCUT2D eigenvalue weighted by Crippen LogP contribution is 2.39. The second kappa shape index (κ2) is 5.05. The minimum atomic E-state index is 0.342. The predicted molar refractivity (Wildman–Crippen MR) is 69.4 cm³/mol. The van der Waals surface area contributed by atoms with Gasteiger partial charge in [0.25, 0.3) is 0 Å². The van der Waals surface area contributed by atoms with E-state index in [1.54, 1.807) is 0 Å². The molecule has 2 N–H and O–H groups in total. The molecule has 2 aliphatic carbocycles. The molecule has 2 aliphatic rings. The van der Waals surface area contributed by atoms with Gasteiger partial charge >= 0.3 is 0 Å². The monoisotopic (exact) mass is 224 g/mol. The van der Waals surface area contributed by atoms with Gasteiger partial charge in [0.15, 0.2) is 0 Å². The fourth-order valence-corrected chi connectivity index (χ4v) is 3.50. The molecule has 0 bridgehead atoms. The van der Waals surface area contributed by atoms with Crippen LogP contribution in [0.2, 0.25) is 0 Å². The van der Waals surface area contributed by atoms with Crippen LogP contribution in [0.15, 0.2) is 0 Å². The summed E-state index contributed by atoms with van der Waals surface area (Å²) in [4.78, 5) is 2.71. The maximum Gasteiger partial charge on any atom is 0.0334 e. The van der Waals surface area contributed by atoms with Crippen LogP contribution in [-0.4, -0.2) is 30.1 Å². The third kappa shape index (κ3) is 2.60. The second-order valence-corrected chi connectivity index (χ2v) is 6.11. The maximum absolute atomic E-state index is 6.13. The maximum atomic E-state index is 6.13. The van der Waals surface area contributed by atoms with Crippen LogP contribution in [0, 0.1) is 11.8 Å². The van der Waals surface area contributed by atoms with Gasteiger partial charge in [-0.05, 0) is 44.1 Å². The summed E-state index contributed by atoms with van der Waals surface area (Å²) in [7, 11) is 0. The smallest absolute Gasteiger partial charge is 0.0334 e. The molecule has 2 saturated carbocycles. The van der Waals surface area contributed by atoms with Crippen molar-refractivity contribution >= 4 is 0 Å². The van der Waals surface area contributed by atoms with Gasteiger partial charge in [-0.2, -0.15) is 0 Å². The molecule has 0 aromatic carbocycles. The summed E-state index contributed by atoms with van der Waals surface area (Å²) >= 11 is 0. The number of nitrogens with two attached hydrogens (primary N) is 1. The quantitative estimate of drug-likeness (QED) is 0.778. The van der Waals surface area contributed by atoms with Gasteiger partial charge < -0.3 is 5.73 Å². The van der Waals surface area contributed by atoms with Gasteiger partial charge in [-0.15, -0.1) is 0 Å². The summed E-state index contributed by atoms with van der Waals surface area (Å²) in [5.41, 5.74) is 6.47. The van der Waals surface area contributed by atoms with Crippen LogP contribution in [0.3, 0.4) is 0 Å². The Labute approximate surface area is 101 Å². The van der Waals surface area contributed by atoms with Gasteiger partial charge in [0.2, 0.25) is 0 Å². The number of hydrogen-bond acceptors (Lipinski definition) is 2. The fraction of sp³-hybridized carbons (Fsp3) is 1.00. The molecule has 2 rings (SSSR count). The number of rotatable bonds is 5. The van der Waals surface area contributed by atoms with Crippen LogP contribution >= 0.6 is 0 Å².